The van der Waals surface area contributed by atoms with Crippen molar-refractivity contribution in [3.05, 3.63) is 72.8 Å². The third-order valence-corrected chi connectivity index (χ3v) is 4.41. The van der Waals surface area contributed by atoms with Gasteiger partial charge in [0.05, 0.1) is 14.2 Å². The number of hydrogen-bond acceptors (Lipinski definition) is 4. The summed E-state index contributed by atoms with van der Waals surface area (Å²) in [5, 5.41) is 4.32. The molecule has 0 saturated carbocycles. The van der Waals surface area contributed by atoms with Crippen LogP contribution < -0.4 is 18.8 Å². The summed E-state index contributed by atoms with van der Waals surface area (Å²) in [6.07, 6.45) is 0. The van der Waals surface area contributed by atoms with Crippen molar-refractivity contribution in [2.45, 2.75) is 0 Å². The van der Waals surface area contributed by atoms with Crippen molar-refractivity contribution in [3.63, 3.8) is 0 Å². The second kappa shape index (κ2) is 7.50. The molecule has 0 spiro atoms. The molecule has 0 aliphatic heterocycles. The molecular formula is C22H18BO4. The molecule has 1 radical (unpaired) electrons. The molecule has 4 rings (SSSR count). The summed E-state index contributed by atoms with van der Waals surface area (Å²) in [7, 11) is 4.66. The van der Waals surface area contributed by atoms with E-state index in [2.05, 4.69) is 0 Å². The largest absolute Gasteiger partial charge is 0.658 e. The Balaban J connectivity index is 1.43. The first-order valence-corrected chi connectivity index (χ1v) is 8.56. The number of fused-ring (bicyclic) bond motifs is 2. The van der Waals surface area contributed by atoms with Crippen LogP contribution in [0.3, 0.4) is 0 Å². The molecule has 0 amide bonds. The van der Waals surface area contributed by atoms with Gasteiger partial charge in [0.1, 0.15) is 23.0 Å². The van der Waals surface area contributed by atoms with Gasteiger partial charge in [0, 0.05) is 0 Å². The lowest BCUT2D eigenvalue weighted by atomic mass is 10.1. The molecule has 0 N–H and O–H groups in total. The fourth-order valence-corrected chi connectivity index (χ4v) is 2.94. The number of methoxy groups -OCH3 is 2. The fourth-order valence-electron chi connectivity index (χ4n) is 2.94. The van der Waals surface area contributed by atoms with E-state index in [1.165, 1.54) is 7.69 Å². The summed E-state index contributed by atoms with van der Waals surface area (Å²) in [5.74, 6) is 3.08. The molecule has 0 fully saturated rings. The van der Waals surface area contributed by atoms with Crippen LogP contribution in [-0.2, 0) is 0 Å². The highest BCUT2D eigenvalue weighted by molar-refractivity contribution is 6.21. The van der Waals surface area contributed by atoms with Gasteiger partial charge >= 0.3 is 7.69 Å². The quantitative estimate of drug-likeness (QED) is 0.455. The van der Waals surface area contributed by atoms with Crippen LogP contribution >= 0.6 is 0 Å². The number of benzene rings is 4. The molecule has 4 nitrogen and oxygen atoms in total. The molecule has 0 atom stereocenters. The molecule has 0 aliphatic carbocycles. The minimum Gasteiger partial charge on any atom is -0.526 e. The van der Waals surface area contributed by atoms with Crippen molar-refractivity contribution in [1.82, 2.24) is 0 Å². The first-order valence-electron chi connectivity index (χ1n) is 8.56. The van der Waals surface area contributed by atoms with E-state index in [0.29, 0.717) is 11.5 Å². The maximum Gasteiger partial charge on any atom is 0.658 e. The van der Waals surface area contributed by atoms with Crippen LogP contribution in [0.25, 0.3) is 21.5 Å². The second-order valence-corrected chi connectivity index (χ2v) is 6.08. The lowest BCUT2D eigenvalue weighted by Gasteiger charge is -2.09. The Morgan fingerprint density at radius 1 is 0.481 bits per heavy atom. The van der Waals surface area contributed by atoms with Crippen LogP contribution in [0.5, 0.6) is 23.0 Å². The highest BCUT2D eigenvalue weighted by atomic mass is 16.6. The van der Waals surface area contributed by atoms with Crippen LogP contribution in [0.2, 0.25) is 0 Å². The third kappa shape index (κ3) is 3.77. The highest BCUT2D eigenvalue weighted by Crippen LogP contribution is 2.26. The first-order chi connectivity index (χ1) is 13.2. The molecule has 0 heterocycles. The molecule has 5 heteroatoms. The zero-order valence-electron chi connectivity index (χ0n) is 15.1. The Kier molecular flexibility index (Phi) is 4.75. The maximum absolute atomic E-state index is 5.62. The average Bonchev–Trinajstić information content (AvgIpc) is 2.72. The molecule has 0 saturated heterocycles. The summed E-state index contributed by atoms with van der Waals surface area (Å²) >= 11 is 0. The topological polar surface area (TPSA) is 36.9 Å². The first kappa shape index (κ1) is 17.1. The predicted octanol–water partition coefficient (Wildman–Crippen LogP) is 5.00. The Hall–Kier alpha value is -3.34. The molecule has 133 valence electrons. The molecule has 0 unspecified atom stereocenters. The van der Waals surface area contributed by atoms with E-state index in [0.717, 1.165) is 33.0 Å². The number of rotatable bonds is 6. The Morgan fingerprint density at radius 2 is 0.815 bits per heavy atom. The molecule has 4 aromatic carbocycles. The third-order valence-electron chi connectivity index (χ3n) is 4.41. The number of hydrogen-bond donors (Lipinski definition) is 0. The van der Waals surface area contributed by atoms with Crippen molar-refractivity contribution in [2.75, 3.05) is 14.2 Å². The SMILES string of the molecule is COc1ccc2cc(O[B]Oc3ccc4cc(OC)ccc4c3)ccc2c1. The summed E-state index contributed by atoms with van der Waals surface area (Å²) in [5.41, 5.74) is 0. The van der Waals surface area contributed by atoms with E-state index in [9.17, 15) is 0 Å². The summed E-state index contributed by atoms with van der Waals surface area (Å²) < 4.78 is 21.7. The molecular weight excluding hydrogens is 339 g/mol. The van der Waals surface area contributed by atoms with Crippen LogP contribution in [0.1, 0.15) is 0 Å². The Bertz CT molecular complexity index is 1010. The van der Waals surface area contributed by atoms with Gasteiger partial charge in [-0.25, -0.2) is 0 Å². The molecule has 27 heavy (non-hydrogen) atoms. The smallest absolute Gasteiger partial charge is 0.526 e. The van der Waals surface area contributed by atoms with Gasteiger partial charge in [-0.2, -0.15) is 0 Å². The Morgan fingerprint density at radius 3 is 1.19 bits per heavy atom. The van der Waals surface area contributed by atoms with Gasteiger partial charge in [0.25, 0.3) is 0 Å². The maximum atomic E-state index is 5.62. The molecule has 0 bridgehead atoms. The molecule has 0 aromatic heterocycles. The normalized spacial score (nSPS) is 10.6. The molecule has 0 aliphatic rings. The summed E-state index contributed by atoms with van der Waals surface area (Å²) in [6, 6.07) is 23.5. The van der Waals surface area contributed by atoms with E-state index >= 15 is 0 Å². The number of ether oxygens (including phenoxy) is 2. The van der Waals surface area contributed by atoms with E-state index in [1.807, 2.05) is 72.8 Å². The Labute approximate surface area is 158 Å². The lowest BCUT2D eigenvalue weighted by Crippen LogP contribution is -2.10. The minimum atomic E-state index is 0.707. The fraction of sp³-hybridized carbons (Fsp3) is 0.0909. The van der Waals surface area contributed by atoms with Gasteiger partial charge in [-0.3, -0.25) is 0 Å². The van der Waals surface area contributed by atoms with Crippen molar-refractivity contribution >= 4 is 29.2 Å². The monoisotopic (exact) mass is 357 g/mol. The van der Waals surface area contributed by atoms with Crippen LogP contribution in [0, 0.1) is 0 Å². The summed E-state index contributed by atoms with van der Waals surface area (Å²) in [6.45, 7) is 0. The van der Waals surface area contributed by atoms with Crippen LogP contribution in [0.4, 0.5) is 0 Å². The zero-order valence-corrected chi connectivity index (χ0v) is 15.1. The van der Waals surface area contributed by atoms with E-state index < -0.39 is 0 Å². The van der Waals surface area contributed by atoms with Crippen LogP contribution in [0.15, 0.2) is 72.8 Å². The van der Waals surface area contributed by atoms with Gasteiger partial charge in [-0.1, -0.05) is 24.3 Å². The van der Waals surface area contributed by atoms with Crippen LogP contribution in [-0.4, -0.2) is 21.9 Å². The van der Waals surface area contributed by atoms with Gasteiger partial charge in [-0.15, -0.1) is 0 Å². The van der Waals surface area contributed by atoms with Crippen molar-refractivity contribution in [3.8, 4) is 23.0 Å². The van der Waals surface area contributed by atoms with E-state index in [-0.39, 0.29) is 0 Å². The zero-order chi connectivity index (χ0) is 18.6. The summed E-state index contributed by atoms with van der Waals surface area (Å²) in [4.78, 5) is 0. The van der Waals surface area contributed by atoms with E-state index in [1.54, 1.807) is 14.2 Å². The van der Waals surface area contributed by atoms with E-state index in [4.69, 9.17) is 18.8 Å². The van der Waals surface area contributed by atoms with Crippen molar-refractivity contribution < 1.29 is 18.8 Å². The highest BCUT2D eigenvalue weighted by Gasteiger charge is 2.05. The van der Waals surface area contributed by atoms with Gasteiger partial charge < -0.3 is 18.8 Å². The average molecular weight is 357 g/mol. The second-order valence-electron chi connectivity index (χ2n) is 6.08. The minimum absolute atomic E-state index is 0.707. The lowest BCUT2D eigenvalue weighted by molar-refractivity contribution is 0.415. The van der Waals surface area contributed by atoms with Crippen molar-refractivity contribution in [1.29, 1.82) is 0 Å². The van der Waals surface area contributed by atoms with Gasteiger partial charge in [0.15, 0.2) is 0 Å². The molecule has 4 aromatic rings. The predicted molar refractivity (Wildman–Crippen MR) is 108 cm³/mol. The standard InChI is InChI=1S/C22H18BO4/c1-24-19-7-3-17-13-21(9-5-15(17)11-19)26-23-27-22-10-6-16-12-20(25-2)8-4-18(16)14-22/h3-14H,1-2H3. The van der Waals surface area contributed by atoms with Gasteiger partial charge in [0.2, 0.25) is 0 Å². The van der Waals surface area contributed by atoms with Gasteiger partial charge in [-0.05, 0) is 70.1 Å². The van der Waals surface area contributed by atoms with Crippen molar-refractivity contribution in [2.24, 2.45) is 0 Å².